The predicted molar refractivity (Wildman–Crippen MR) is 139 cm³/mol. The topological polar surface area (TPSA) is 96.5 Å². The lowest BCUT2D eigenvalue weighted by Crippen LogP contribution is -2.30. The molecule has 8 nitrogen and oxygen atoms in total. The monoisotopic (exact) mass is 481 g/mol. The minimum absolute atomic E-state index is 0.00284. The number of aromatic nitrogens is 2. The molecule has 0 spiro atoms. The van der Waals surface area contributed by atoms with Crippen molar-refractivity contribution in [3.63, 3.8) is 0 Å². The molecule has 0 radical (unpaired) electrons. The highest BCUT2D eigenvalue weighted by atomic mass is 16.5. The first-order valence-electron chi connectivity index (χ1n) is 11.9. The van der Waals surface area contributed by atoms with E-state index < -0.39 is 0 Å². The Morgan fingerprint density at radius 2 is 1.86 bits per heavy atom. The molecule has 36 heavy (non-hydrogen) atoms. The summed E-state index contributed by atoms with van der Waals surface area (Å²) in [5.41, 5.74) is 4.93. The minimum Gasteiger partial charge on any atom is -0.492 e. The van der Waals surface area contributed by atoms with Gasteiger partial charge in [0, 0.05) is 35.6 Å². The maximum atomic E-state index is 12.6. The quantitative estimate of drug-likeness (QED) is 0.498. The van der Waals surface area contributed by atoms with Gasteiger partial charge < -0.3 is 20.3 Å². The Balaban J connectivity index is 1.22. The molecule has 2 aromatic carbocycles. The van der Waals surface area contributed by atoms with Crippen LogP contribution in [0.15, 0.2) is 84.2 Å². The molecule has 0 saturated heterocycles. The van der Waals surface area contributed by atoms with Gasteiger partial charge in [-0.25, -0.2) is 9.97 Å². The lowest BCUT2D eigenvalue weighted by Gasteiger charge is -2.17. The number of likely N-dealkylation sites (N-methyl/N-ethyl adjacent to an activating group) is 1. The van der Waals surface area contributed by atoms with Crippen LogP contribution >= 0.6 is 0 Å². The average molecular weight is 482 g/mol. The number of allylic oxidation sites excluding steroid dienone is 3. The molecule has 1 aromatic heterocycles. The molecule has 8 heteroatoms. The highest BCUT2D eigenvalue weighted by Gasteiger charge is 2.25. The Bertz CT molecular complexity index is 1350. The van der Waals surface area contributed by atoms with Crippen molar-refractivity contribution in [3.8, 4) is 17.0 Å². The molecule has 2 N–H and O–H groups in total. The molecular weight excluding hydrogens is 454 g/mol. The Labute approximate surface area is 209 Å². The van der Waals surface area contributed by atoms with E-state index in [1.165, 1.54) is 0 Å². The fourth-order valence-electron chi connectivity index (χ4n) is 4.25. The minimum atomic E-state index is -0.0892. The fourth-order valence-corrected chi connectivity index (χ4v) is 4.25. The molecule has 0 bridgehead atoms. The normalized spacial score (nSPS) is 14.6. The molecule has 2 heterocycles. The smallest absolute Gasteiger partial charge is 0.247 e. The first-order valence-corrected chi connectivity index (χ1v) is 11.9. The summed E-state index contributed by atoms with van der Waals surface area (Å²) in [6.07, 6.45) is 6.95. The summed E-state index contributed by atoms with van der Waals surface area (Å²) in [5.74, 6) is 1.16. The molecule has 0 fully saturated rings. The van der Waals surface area contributed by atoms with Gasteiger partial charge in [-0.05, 0) is 37.1 Å². The van der Waals surface area contributed by atoms with Gasteiger partial charge in [-0.15, -0.1) is 0 Å². The van der Waals surface area contributed by atoms with Gasteiger partial charge in [0.15, 0.2) is 0 Å². The SMILES string of the molecule is CN1C(=O)Cc2cnc(NC3=CC=C(C(=O)NCCOc4ccccc4)CC3)nc2-c2ccccc21. The molecule has 3 aromatic rings. The van der Waals surface area contributed by atoms with Crippen molar-refractivity contribution in [2.24, 2.45) is 0 Å². The number of carbonyl (C=O) groups is 2. The summed E-state index contributed by atoms with van der Waals surface area (Å²) >= 11 is 0. The van der Waals surface area contributed by atoms with Gasteiger partial charge in [0.05, 0.1) is 24.3 Å². The molecule has 182 valence electrons. The fraction of sp³-hybridized carbons (Fsp3) is 0.214. The number of rotatable bonds is 7. The van der Waals surface area contributed by atoms with Crippen LogP contribution in [-0.2, 0) is 16.0 Å². The number of fused-ring (bicyclic) bond motifs is 3. The number of nitrogens with one attached hydrogen (secondary N) is 2. The highest BCUT2D eigenvalue weighted by Crippen LogP contribution is 2.35. The number of hydrogen-bond donors (Lipinski definition) is 2. The predicted octanol–water partition coefficient (Wildman–Crippen LogP) is 3.87. The van der Waals surface area contributed by atoms with Gasteiger partial charge in [0.25, 0.3) is 0 Å². The van der Waals surface area contributed by atoms with Crippen LogP contribution in [0.25, 0.3) is 11.3 Å². The molecule has 5 rings (SSSR count). The number of nitrogens with zero attached hydrogens (tertiary/aromatic N) is 3. The van der Waals surface area contributed by atoms with E-state index in [1.807, 2.05) is 66.7 Å². The van der Waals surface area contributed by atoms with Gasteiger partial charge in [-0.3, -0.25) is 9.59 Å². The van der Waals surface area contributed by atoms with Crippen molar-refractivity contribution in [1.82, 2.24) is 15.3 Å². The van der Waals surface area contributed by atoms with Crippen molar-refractivity contribution in [3.05, 3.63) is 89.8 Å². The maximum Gasteiger partial charge on any atom is 0.247 e. The molecule has 0 unspecified atom stereocenters. The second-order valence-electron chi connectivity index (χ2n) is 8.64. The van der Waals surface area contributed by atoms with Crippen molar-refractivity contribution >= 4 is 23.5 Å². The standard InChI is InChI=1S/C28H27N5O3/c1-33-24-10-6-5-9-23(24)26-20(17-25(33)34)18-30-28(32-26)31-21-13-11-19(12-14-21)27(35)29-15-16-36-22-7-3-2-4-8-22/h2-11,13,18H,12,14-17H2,1H3,(H,29,35)(H,30,31,32). The molecule has 1 aliphatic heterocycles. The zero-order valence-corrected chi connectivity index (χ0v) is 20.0. The lowest BCUT2D eigenvalue weighted by molar-refractivity contribution is -0.118. The molecular formula is C28H27N5O3. The number of ether oxygens (including phenoxy) is 1. The van der Waals surface area contributed by atoms with Crippen LogP contribution in [0.4, 0.5) is 11.6 Å². The zero-order valence-electron chi connectivity index (χ0n) is 20.0. The molecule has 2 amide bonds. The summed E-state index contributed by atoms with van der Waals surface area (Å²) in [6, 6.07) is 17.3. The molecule has 0 atom stereocenters. The van der Waals surface area contributed by atoms with Crippen molar-refractivity contribution in [1.29, 1.82) is 0 Å². The van der Waals surface area contributed by atoms with Crippen LogP contribution in [0.1, 0.15) is 18.4 Å². The maximum absolute atomic E-state index is 12.6. The zero-order chi connectivity index (χ0) is 24.9. The van der Waals surface area contributed by atoms with Crippen LogP contribution < -0.4 is 20.3 Å². The second kappa shape index (κ2) is 10.4. The van der Waals surface area contributed by atoms with Gasteiger partial charge in [0.2, 0.25) is 17.8 Å². The third-order valence-electron chi connectivity index (χ3n) is 6.21. The number of anilines is 2. The number of amides is 2. The summed E-state index contributed by atoms with van der Waals surface area (Å²) in [4.78, 5) is 35.9. The number of carbonyl (C=O) groups excluding carboxylic acids is 2. The van der Waals surface area contributed by atoms with E-state index >= 15 is 0 Å². The number of benzene rings is 2. The molecule has 0 saturated carbocycles. The van der Waals surface area contributed by atoms with E-state index in [4.69, 9.17) is 9.72 Å². The summed E-state index contributed by atoms with van der Waals surface area (Å²) in [7, 11) is 1.78. The van der Waals surface area contributed by atoms with Gasteiger partial charge >= 0.3 is 0 Å². The van der Waals surface area contributed by atoms with E-state index in [0.717, 1.165) is 39.5 Å². The van der Waals surface area contributed by atoms with E-state index in [-0.39, 0.29) is 18.2 Å². The Morgan fingerprint density at radius 3 is 2.67 bits per heavy atom. The van der Waals surface area contributed by atoms with Crippen molar-refractivity contribution in [2.45, 2.75) is 19.3 Å². The van der Waals surface area contributed by atoms with Crippen LogP contribution in [-0.4, -0.2) is 42.0 Å². The van der Waals surface area contributed by atoms with Crippen LogP contribution in [0.5, 0.6) is 5.75 Å². The second-order valence-corrected chi connectivity index (χ2v) is 8.64. The lowest BCUT2D eigenvalue weighted by atomic mass is 10.0. The summed E-state index contributed by atoms with van der Waals surface area (Å²) < 4.78 is 5.62. The van der Waals surface area contributed by atoms with E-state index in [1.54, 1.807) is 18.1 Å². The van der Waals surface area contributed by atoms with Crippen molar-refractivity contribution in [2.75, 3.05) is 30.4 Å². The average Bonchev–Trinajstić information content (AvgIpc) is 3.02. The van der Waals surface area contributed by atoms with E-state index in [0.29, 0.717) is 31.9 Å². The first kappa shape index (κ1) is 23.3. The van der Waals surface area contributed by atoms with Gasteiger partial charge in [-0.2, -0.15) is 0 Å². The summed E-state index contributed by atoms with van der Waals surface area (Å²) in [6.45, 7) is 0.841. The van der Waals surface area contributed by atoms with E-state index in [9.17, 15) is 9.59 Å². The van der Waals surface area contributed by atoms with Gasteiger partial charge in [0.1, 0.15) is 12.4 Å². The molecule has 2 aliphatic rings. The molecule has 1 aliphatic carbocycles. The van der Waals surface area contributed by atoms with Crippen LogP contribution in [0, 0.1) is 0 Å². The highest BCUT2D eigenvalue weighted by molar-refractivity contribution is 6.01. The Morgan fingerprint density at radius 1 is 1.06 bits per heavy atom. The van der Waals surface area contributed by atoms with E-state index in [2.05, 4.69) is 15.6 Å². The van der Waals surface area contributed by atoms with Crippen LogP contribution in [0.2, 0.25) is 0 Å². The van der Waals surface area contributed by atoms with Gasteiger partial charge in [-0.1, -0.05) is 42.5 Å². The van der Waals surface area contributed by atoms with Crippen molar-refractivity contribution < 1.29 is 14.3 Å². The Kier molecular flexibility index (Phi) is 6.75. The third kappa shape index (κ3) is 5.12. The summed E-state index contributed by atoms with van der Waals surface area (Å²) in [5, 5.41) is 6.18. The Hall–Kier alpha value is -4.46. The first-order chi connectivity index (χ1) is 17.6. The third-order valence-corrected chi connectivity index (χ3v) is 6.21. The largest absolute Gasteiger partial charge is 0.492 e. The number of hydrogen-bond acceptors (Lipinski definition) is 6. The van der Waals surface area contributed by atoms with Crippen LogP contribution in [0.3, 0.4) is 0 Å². The number of para-hydroxylation sites is 2.